The van der Waals surface area contributed by atoms with Crippen LogP contribution in [0.5, 0.6) is 0 Å². The summed E-state index contributed by atoms with van der Waals surface area (Å²) in [6, 6.07) is 4.99. The fourth-order valence-electron chi connectivity index (χ4n) is 3.06. The molecular weight excluding hydrogens is 474 g/mol. The summed E-state index contributed by atoms with van der Waals surface area (Å²) in [5.74, 6) is -2.68. The molecule has 1 atom stereocenters. The minimum absolute atomic E-state index is 0.0109. The van der Waals surface area contributed by atoms with Crippen LogP contribution in [-0.2, 0) is 22.0 Å². The molecule has 0 aliphatic rings. The number of carbonyl (C=O) groups is 1. The molecule has 1 amide bonds. The zero-order valence-corrected chi connectivity index (χ0v) is 19.4. The van der Waals surface area contributed by atoms with Crippen molar-refractivity contribution in [2.45, 2.75) is 32.1 Å². The van der Waals surface area contributed by atoms with Crippen LogP contribution >= 0.6 is 11.3 Å². The minimum atomic E-state index is -3.36. The predicted molar refractivity (Wildman–Crippen MR) is 122 cm³/mol. The Morgan fingerprint density at radius 2 is 1.94 bits per heavy atom. The van der Waals surface area contributed by atoms with E-state index in [4.69, 9.17) is 5.73 Å². The first-order valence-electron chi connectivity index (χ1n) is 9.88. The number of sulfone groups is 1. The van der Waals surface area contributed by atoms with Crippen molar-refractivity contribution >= 4 is 37.9 Å². The van der Waals surface area contributed by atoms with Crippen LogP contribution in [-0.4, -0.2) is 41.3 Å². The van der Waals surface area contributed by atoms with E-state index in [2.05, 4.69) is 15.3 Å². The SMILES string of the molecule is CCS(=O)(=O)Cc1nccc(Nc2sc(-c3c(F)cc(CC(C)O)cc3F)cc2C(N)=O)n1. The van der Waals surface area contributed by atoms with Gasteiger partial charge in [0.25, 0.3) is 5.91 Å². The molecule has 12 heteroatoms. The molecule has 3 aromatic rings. The van der Waals surface area contributed by atoms with E-state index in [0.717, 1.165) is 23.5 Å². The van der Waals surface area contributed by atoms with Gasteiger partial charge in [0.2, 0.25) is 0 Å². The Bertz CT molecular complexity index is 1270. The number of amides is 1. The van der Waals surface area contributed by atoms with Gasteiger partial charge in [-0.3, -0.25) is 4.79 Å². The highest BCUT2D eigenvalue weighted by molar-refractivity contribution is 7.90. The monoisotopic (exact) mass is 496 g/mol. The number of primary amides is 1. The van der Waals surface area contributed by atoms with Gasteiger partial charge in [-0.05, 0) is 43.2 Å². The molecule has 1 unspecified atom stereocenters. The van der Waals surface area contributed by atoms with E-state index >= 15 is 0 Å². The van der Waals surface area contributed by atoms with Crippen molar-refractivity contribution in [3.63, 3.8) is 0 Å². The van der Waals surface area contributed by atoms with Gasteiger partial charge in [-0.1, -0.05) is 6.92 Å². The fourth-order valence-corrected chi connectivity index (χ4v) is 4.92. The van der Waals surface area contributed by atoms with Gasteiger partial charge in [0, 0.05) is 16.8 Å². The number of rotatable bonds is 9. The molecule has 0 bridgehead atoms. The largest absolute Gasteiger partial charge is 0.393 e. The first kappa shape index (κ1) is 24.7. The number of hydrogen-bond donors (Lipinski definition) is 3. The number of nitrogens with zero attached hydrogens (tertiary/aromatic N) is 2. The number of halogens is 2. The summed E-state index contributed by atoms with van der Waals surface area (Å²) in [5, 5.41) is 12.5. The number of nitrogens with one attached hydrogen (secondary N) is 1. The summed E-state index contributed by atoms with van der Waals surface area (Å²) in [5.41, 5.74) is 5.40. The third-order valence-electron chi connectivity index (χ3n) is 4.61. The minimum Gasteiger partial charge on any atom is -0.393 e. The van der Waals surface area contributed by atoms with Gasteiger partial charge in [-0.15, -0.1) is 11.3 Å². The highest BCUT2D eigenvalue weighted by Gasteiger charge is 2.21. The number of aliphatic hydroxyl groups excluding tert-OH is 1. The Morgan fingerprint density at radius 1 is 1.27 bits per heavy atom. The maximum atomic E-state index is 14.7. The van der Waals surface area contributed by atoms with Crippen molar-refractivity contribution in [1.29, 1.82) is 0 Å². The normalized spacial score (nSPS) is 12.5. The maximum absolute atomic E-state index is 14.7. The quantitative estimate of drug-likeness (QED) is 0.414. The Morgan fingerprint density at radius 3 is 2.52 bits per heavy atom. The highest BCUT2D eigenvalue weighted by atomic mass is 32.2. The van der Waals surface area contributed by atoms with E-state index in [1.54, 1.807) is 0 Å². The summed E-state index contributed by atoms with van der Waals surface area (Å²) in [6.07, 6.45) is 0.676. The molecule has 1 aromatic carbocycles. The van der Waals surface area contributed by atoms with Crippen LogP contribution in [0.2, 0.25) is 0 Å². The summed E-state index contributed by atoms with van der Waals surface area (Å²) in [4.78, 5) is 20.2. The van der Waals surface area contributed by atoms with Gasteiger partial charge in [0.05, 0.1) is 17.2 Å². The van der Waals surface area contributed by atoms with Gasteiger partial charge in [-0.2, -0.15) is 0 Å². The van der Waals surface area contributed by atoms with Crippen LogP contribution in [0.4, 0.5) is 19.6 Å². The Balaban J connectivity index is 1.97. The van der Waals surface area contributed by atoms with Gasteiger partial charge in [-0.25, -0.2) is 27.2 Å². The van der Waals surface area contributed by atoms with Crippen LogP contribution in [0.25, 0.3) is 10.4 Å². The third kappa shape index (κ3) is 6.09. The van der Waals surface area contributed by atoms with Crippen LogP contribution in [0.3, 0.4) is 0 Å². The van der Waals surface area contributed by atoms with Gasteiger partial charge in [0.15, 0.2) is 9.84 Å². The van der Waals surface area contributed by atoms with E-state index in [0.29, 0.717) is 5.56 Å². The van der Waals surface area contributed by atoms with Crippen molar-refractivity contribution in [3.8, 4) is 10.4 Å². The van der Waals surface area contributed by atoms with Gasteiger partial charge < -0.3 is 16.2 Å². The maximum Gasteiger partial charge on any atom is 0.251 e. The second-order valence-electron chi connectivity index (χ2n) is 7.37. The number of carbonyl (C=O) groups excluding carboxylic acids is 1. The molecule has 2 aromatic heterocycles. The van der Waals surface area contributed by atoms with E-state index in [9.17, 15) is 27.1 Å². The molecule has 8 nitrogen and oxygen atoms in total. The molecule has 0 fully saturated rings. The van der Waals surface area contributed by atoms with E-state index in [1.165, 1.54) is 32.2 Å². The molecule has 0 spiro atoms. The first-order chi connectivity index (χ1) is 15.5. The van der Waals surface area contributed by atoms with E-state index in [-0.39, 0.29) is 50.6 Å². The number of aliphatic hydroxyl groups is 1. The second-order valence-corrected chi connectivity index (χ2v) is 10.8. The van der Waals surface area contributed by atoms with Crippen molar-refractivity contribution in [3.05, 3.63) is 59.0 Å². The number of thiophene rings is 1. The number of nitrogens with two attached hydrogens (primary N) is 1. The highest BCUT2D eigenvalue weighted by Crippen LogP contribution is 2.39. The predicted octanol–water partition coefficient (Wildman–Crippen LogP) is 3.18. The first-order valence-corrected chi connectivity index (χ1v) is 12.5. The van der Waals surface area contributed by atoms with Gasteiger partial charge in [0.1, 0.15) is 34.0 Å². The molecule has 0 saturated heterocycles. The number of aromatic nitrogens is 2. The molecule has 2 heterocycles. The Kier molecular flexibility index (Phi) is 7.40. The molecule has 0 radical (unpaired) electrons. The number of hydrogen-bond acceptors (Lipinski definition) is 8. The average molecular weight is 497 g/mol. The zero-order chi connectivity index (χ0) is 24.3. The molecule has 0 saturated carbocycles. The lowest BCUT2D eigenvalue weighted by Crippen LogP contribution is -2.12. The standard InChI is InChI=1S/C21H22F2N4O4S2/c1-3-33(30,31)10-18-25-5-4-17(26-18)27-21-13(20(24)29)9-16(32-21)19-14(22)7-12(6-11(2)28)8-15(19)23/h4-5,7-9,11,28H,3,6,10H2,1-2H3,(H2,24,29)(H,25,26,27). The lowest BCUT2D eigenvalue weighted by Gasteiger charge is -2.08. The molecule has 0 aliphatic heterocycles. The van der Waals surface area contributed by atoms with Crippen molar-refractivity contribution in [2.24, 2.45) is 5.73 Å². The van der Waals surface area contributed by atoms with E-state index in [1.807, 2.05) is 0 Å². The smallest absolute Gasteiger partial charge is 0.251 e. The summed E-state index contributed by atoms with van der Waals surface area (Å²) in [6.45, 7) is 3.02. The lowest BCUT2D eigenvalue weighted by molar-refractivity contribution is 0.100. The lowest BCUT2D eigenvalue weighted by atomic mass is 10.0. The topological polar surface area (TPSA) is 135 Å². The van der Waals surface area contributed by atoms with Crippen LogP contribution in [0, 0.1) is 11.6 Å². The molecular formula is C21H22F2N4O4S2. The summed E-state index contributed by atoms with van der Waals surface area (Å²) < 4.78 is 53.2. The Labute approximate surface area is 193 Å². The van der Waals surface area contributed by atoms with Crippen LogP contribution in [0.15, 0.2) is 30.5 Å². The third-order valence-corrected chi connectivity index (χ3v) is 7.26. The van der Waals surface area contributed by atoms with Crippen molar-refractivity contribution in [1.82, 2.24) is 9.97 Å². The molecule has 0 aliphatic carbocycles. The van der Waals surface area contributed by atoms with Crippen molar-refractivity contribution in [2.75, 3.05) is 11.1 Å². The van der Waals surface area contributed by atoms with Crippen LogP contribution < -0.4 is 11.1 Å². The molecule has 33 heavy (non-hydrogen) atoms. The summed E-state index contributed by atoms with van der Waals surface area (Å²) in [7, 11) is -3.36. The van der Waals surface area contributed by atoms with E-state index < -0.39 is 33.5 Å². The Hall–Kier alpha value is -2.96. The number of anilines is 2. The zero-order valence-electron chi connectivity index (χ0n) is 17.8. The van der Waals surface area contributed by atoms with Gasteiger partial charge >= 0.3 is 0 Å². The summed E-state index contributed by atoms with van der Waals surface area (Å²) >= 11 is 0.887. The fraction of sp³-hybridized carbons (Fsp3) is 0.286. The molecule has 176 valence electrons. The van der Waals surface area contributed by atoms with Crippen molar-refractivity contribution < 1.29 is 27.1 Å². The molecule has 3 rings (SSSR count). The molecule has 4 N–H and O–H groups in total. The number of benzene rings is 1. The average Bonchev–Trinajstić information content (AvgIpc) is 3.10. The second kappa shape index (κ2) is 9.89. The van der Waals surface area contributed by atoms with Crippen LogP contribution in [0.1, 0.15) is 35.6 Å².